The zero-order valence-electron chi connectivity index (χ0n) is 15.1. The van der Waals surface area contributed by atoms with Crippen LogP contribution in [0, 0.1) is 0 Å². The van der Waals surface area contributed by atoms with Crippen molar-refractivity contribution in [3.8, 4) is 11.1 Å². The first-order valence-electron chi connectivity index (χ1n) is 8.04. The lowest BCUT2D eigenvalue weighted by Crippen LogP contribution is -2.13. The molecular weight excluding hydrogens is 456 g/mol. The van der Waals surface area contributed by atoms with Gasteiger partial charge in [-0.25, -0.2) is 4.79 Å². The highest BCUT2D eigenvalue weighted by atomic mass is 32.2. The summed E-state index contributed by atoms with van der Waals surface area (Å²) in [5, 5.41) is 18.6. The summed E-state index contributed by atoms with van der Waals surface area (Å²) in [7, 11) is -9.14. The van der Waals surface area contributed by atoms with Crippen LogP contribution in [0.3, 0.4) is 0 Å². The van der Waals surface area contributed by atoms with Gasteiger partial charge in [0.05, 0.1) is 10.5 Å². The van der Waals surface area contributed by atoms with E-state index in [0.29, 0.717) is 4.79 Å². The summed E-state index contributed by atoms with van der Waals surface area (Å²) in [6.45, 7) is 0. The van der Waals surface area contributed by atoms with Crippen molar-refractivity contribution in [1.29, 1.82) is 0 Å². The van der Waals surface area contributed by atoms with Gasteiger partial charge >= 0.3 is 5.97 Å². The van der Waals surface area contributed by atoms with Crippen LogP contribution in [-0.4, -0.2) is 46.9 Å². The number of aromatic carboxylic acids is 1. The van der Waals surface area contributed by atoms with E-state index in [1.807, 2.05) is 0 Å². The van der Waals surface area contributed by atoms with E-state index in [1.165, 1.54) is 18.2 Å². The fourth-order valence-corrected chi connectivity index (χ4v) is 3.66. The summed E-state index contributed by atoms with van der Waals surface area (Å²) < 4.78 is 63.4. The fraction of sp³-hybridized carbons (Fsp3) is 0. The molecule has 2 aromatic carbocycles. The van der Waals surface area contributed by atoms with Crippen molar-refractivity contribution in [1.82, 2.24) is 9.89 Å². The number of benzene rings is 2. The Kier molecular flexibility index (Phi) is 5.60. The summed E-state index contributed by atoms with van der Waals surface area (Å²) in [6.07, 6.45) is 0. The first-order chi connectivity index (χ1) is 14.4. The summed E-state index contributed by atoms with van der Waals surface area (Å²) in [6, 6.07) is 9.10. The predicted octanol–water partition coefficient (Wildman–Crippen LogP) is 1.58. The molecule has 13 nitrogen and oxygen atoms in total. The van der Waals surface area contributed by atoms with Gasteiger partial charge in [0.2, 0.25) is 0 Å². The highest BCUT2D eigenvalue weighted by molar-refractivity contribution is 7.86. The molecule has 3 rings (SSSR count). The van der Waals surface area contributed by atoms with Crippen molar-refractivity contribution in [2.75, 3.05) is 0 Å². The van der Waals surface area contributed by atoms with Crippen molar-refractivity contribution in [3.63, 3.8) is 0 Å². The Balaban J connectivity index is 2.11. The molecule has 1 heterocycles. The molecule has 0 saturated heterocycles. The molecule has 1 aromatic heterocycles. The Morgan fingerprint density at radius 1 is 0.935 bits per heavy atom. The lowest BCUT2D eigenvalue weighted by molar-refractivity contribution is 0.0690. The molecule has 4 N–H and O–H groups in total. The minimum Gasteiger partial charge on any atom is -0.477 e. The Morgan fingerprint density at radius 3 is 2.10 bits per heavy atom. The molecule has 0 atom stereocenters. The fourth-order valence-electron chi connectivity index (χ4n) is 2.56. The standard InChI is InChI=1S/C16H12N4O9S2/c21-15-13(9-5-7-10(8-6-9)30(24,25)26)14(16(22)23)18-20(15)19-17-11-3-1-2-4-12(11)31(27,28)29/h1-8,18H,(H,22,23)(H,24,25,26)(H,27,28,29). The maximum atomic E-state index is 12.7. The van der Waals surface area contributed by atoms with Gasteiger partial charge in [0.25, 0.3) is 25.8 Å². The van der Waals surface area contributed by atoms with E-state index < -0.39 is 52.8 Å². The molecule has 0 bridgehead atoms. The molecule has 0 aliphatic carbocycles. The number of rotatable bonds is 6. The van der Waals surface area contributed by atoms with Crippen LogP contribution in [0.5, 0.6) is 0 Å². The molecule has 0 unspecified atom stereocenters. The molecule has 0 amide bonds. The Labute approximate surface area is 173 Å². The third kappa shape index (κ3) is 4.58. The van der Waals surface area contributed by atoms with Crippen LogP contribution in [0.15, 0.2) is 73.5 Å². The van der Waals surface area contributed by atoms with Crippen molar-refractivity contribution in [3.05, 3.63) is 64.6 Å². The van der Waals surface area contributed by atoms with Crippen LogP contribution in [0.1, 0.15) is 10.5 Å². The highest BCUT2D eigenvalue weighted by Gasteiger charge is 2.22. The highest BCUT2D eigenvalue weighted by Crippen LogP contribution is 2.25. The molecule has 0 spiro atoms. The number of hydrogen-bond donors (Lipinski definition) is 4. The molecule has 0 fully saturated rings. The van der Waals surface area contributed by atoms with E-state index in [2.05, 4.69) is 15.4 Å². The number of aromatic amines is 1. The smallest absolute Gasteiger partial charge is 0.354 e. The van der Waals surface area contributed by atoms with E-state index in [9.17, 15) is 36.1 Å². The van der Waals surface area contributed by atoms with E-state index >= 15 is 0 Å². The Morgan fingerprint density at radius 2 is 1.55 bits per heavy atom. The molecule has 0 aliphatic heterocycles. The van der Waals surface area contributed by atoms with E-state index in [1.54, 1.807) is 0 Å². The minimum absolute atomic E-state index is 0.00154. The second-order valence-corrected chi connectivity index (χ2v) is 8.73. The second kappa shape index (κ2) is 7.88. The van der Waals surface area contributed by atoms with E-state index in [-0.39, 0.29) is 11.3 Å². The predicted molar refractivity (Wildman–Crippen MR) is 103 cm³/mol. The van der Waals surface area contributed by atoms with Crippen LogP contribution in [-0.2, 0) is 20.2 Å². The van der Waals surface area contributed by atoms with Crippen molar-refractivity contribution < 1.29 is 35.8 Å². The Hall–Kier alpha value is -3.66. The van der Waals surface area contributed by atoms with E-state index in [4.69, 9.17) is 4.55 Å². The molecule has 0 aliphatic rings. The molecule has 0 saturated carbocycles. The van der Waals surface area contributed by atoms with Gasteiger partial charge in [0.15, 0.2) is 5.69 Å². The van der Waals surface area contributed by atoms with Gasteiger partial charge in [0.1, 0.15) is 10.6 Å². The number of hydrogen-bond acceptors (Lipinski definition) is 8. The van der Waals surface area contributed by atoms with Gasteiger partial charge in [0, 0.05) is 0 Å². The zero-order chi connectivity index (χ0) is 23.0. The van der Waals surface area contributed by atoms with Crippen LogP contribution < -0.4 is 5.56 Å². The number of nitrogens with one attached hydrogen (secondary N) is 1. The van der Waals surface area contributed by atoms with Gasteiger partial charge in [-0.3, -0.25) is 19.0 Å². The van der Waals surface area contributed by atoms with Crippen LogP contribution >= 0.6 is 0 Å². The lowest BCUT2D eigenvalue weighted by atomic mass is 10.1. The maximum Gasteiger partial charge on any atom is 0.354 e. The normalized spacial score (nSPS) is 12.3. The lowest BCUT2D eigenvalue weighted by Gasteiger charge is -2.00. The first-order valence-corrected chi connectivity index (χ1v) is 10.9. The third-order valence-corrected chi connectivity index (χ3v) is 5.68. The largest absolute Gasteiger partial charge is 0.477 e. The second-order valence-electron chi connectivity index (χ2n) is 5.92. The molecular formula is C16H12N4O9S2. The molecule has 0 radical (unpaired) electrons. The molecule has 31 heavy (non-hydrogen) atoms. The van der Waals surface area contributed by atoms with Crippen LogP contribution in [0.25, 0.3) is 11.1 Å². The molecule has 15 heteroatoms. The number of nitrogens with zero attached hydrogens (tertiary/aromatic N) is 3. The SMILES string of the molecule is O=C(O)c1[nH]n(N=Nc2ccccc2S(=O)(=O)O)c(=O)c1-c1ccc(S(=O)(=O)O)cc1. The number of carbonyl (C=O) groups is 1. The first kappa shape index (κ1) is 22.0. The monoisotopic (exact) mass is 468 g/mol. The van der Waals surface area contributed by atoms with Gasteiger partial charge in [-0.2, -0.15) is 16.8 Å². The van der Waals surface area contributed by atoms with Crippen LogP contribution in [0.4, 0.5) is 5.69 Å². The topological polar surface area (TPSA) is 209 Å². The van der Waals surface area contributed by atoms with Gasteiger partial charge < -0.3 is 5.11 Å². The van der Waals surface area contributed by atoms with Gasteiger partial charge in [-0.05, 0) is 35.1 Å². The average Bonchev–Trinajstić information content (AvgIpc) is 3.02. The maximum absolute atomic E-state index is 12.7. The number of carboxylic acids is 1. The zero-order valence-corrected chi connectivity index (χ0v) is 16.7. The quantitative estimate of drug-likeness (QED) is 0.305. The van der Waals surface area contributed by atoms with Crippen molar-refractivity contribution in [2.45, 2.75) is 9.79 Å². The van der Waals surface area contributed by atoms with Crippen molar-refractivity contribution in [2.24, 2.45) is 10.3 Å². The summed E-state index contributed by atoms with van der Waals surface area (Å²) in [4.78, 5) is 23.6. The minimum atomic E-state index is -4.64. The Bertz CT molecular complexity index is 1470. The average molecular weight is 468 g/mol. The number of carboxylic acid groups (broad SMARTS) is 1. The third-order valence-electron chi connectivity index (χ3n) is 3.91. The van der Waals surface area contributed by atoms with Gasteiger partial charge in [-0.15, -0.1) is 9.91 Å². The summed E-state index contributed by atoms with van der Waals surface area (Å²) in [5.74, 6) is -1.54. The van der Waals surface area contributed by atoms with Gasteiger partial charge in [-0.1, -0.05) is 24.3 Å². The number of aromatic nitrogens is 2. The van der Waals surface area contributed by atoms with Crippen LogP contribution in [0.2, 0.25) is 0 Å². The summed E-state index contributed by atoms with van der Waals surface area (Å²) in [5.41, 5.74) is -2.31. The van der Waals surface area contributed by atoms with Crippen molar-refractivity contribution >= 4 is 31.9 Å². The summed E-state index contributed by atoms with van der Waals surface area (Å²) >= 11 is 0. The molecule has 3 aromatic rings. The number of H-pyrrole nitrogens is 1. The molecule has 162 valence electrons. The van der Waals surface area contributed by atoms with E-state index in [0.717, 1.165) is 30.3 Å².